The monoisotopic (exact) mass is 369 g/mol. The van der Waals surface area contributed by atoms with Gasteiger partial charge in [-0.2, -0.15) is 0 Å². The van der Waals surface area contributed by atoms with Crippen LogP contribution in [0.3, 0.4) is 0 Å². The summed E-state index contributed by atoms with van der Waals surface area (Å²) >= 11 is 0. The number of carbonyl (C=O) groups excluding carboxylic acids is 2. The van der Waals surface area contributed by atoms with E-state index in [1.165, 1.54) is 6.92 Å². The first-order valence-electron chi connectivity index (χ1n) is 8.89. The van der Waals surface area contributed by atoms with Crippen LogP contribution in [0.4, 0.5) is 5.69 Å². The fourth-order valence-electron chi connectivity index (χ4n) is 2.88. The highest BCUT2D eigenvalue weighted by atomic mass is 16.7. The number of hydrogen-bond acceptors (Lipinski definition) is 7. The number of aryl methyl sites for hydroxylation is 1. The van der Waals surface area contributed by atoms with Crippen LogP contribution in [0.2, 0.25) is 0 Å². The zero-order chi connectivity index (χ0) is 19.2. The number of rotatable bonds is 6. The smallest absolute Gasteiger partial charge is 0.374 e. The molecule has 0 radical (unpaired) electrons. The Morgan fingerprint density at radius 3 is 2.33 bits per heavy atom. The zero-order valence-corrected chi connectivity index (χ0v) is 15.5. The van der Waals surface area contributed by atoms with Gasteiger partial charge in [0, 0.05) is 31.2 Å². The van der Waals surface area contributed by atoms with Crippen LogP contribution in [-0.2, 0) is 14.4 Å². The van der Waals surface area contributed by atoms with Gasteiger partial charge in [0.2, 0.25) is 0 Å². The Hall–Kier alpha value is -2.93. The second-order valence-corrected chi connectivity index (χ2v) is 6.41. The molecular formula is C20H23N3O4. The molecule has 0 aliphatic carbocycles. The Morgan fingerprint density at radius 2 is 1.70 bits per heavy atom. The number of para-hydroxylation sites is 1. The number of piperazine rings is 1. The van der Waals surface area contributed by atoms with Crippen LogP contribution in [0.1, 0.15) is 12.5 Å². The van der Waals surface area contributed by atoms with Gasteiger partial charge in [-0.1, -0.05) is 18.2 Å². The number of ether oxygens (including phenoxy) is 1. The highest BCUT2D eigenvalue weighted by Crippen LogP contribution is 2.19. The predicted molar refractivity (Wildman–Crippen MR) is 100 cm³/mol. The number of ketones is 1. The van der Waals surface area contributed by atoms with E-state index in [-0.39, 0.29) is 0 Å². The second kappa shape index (κ2) is 8.64. The van der Waals surface area contributed by atoms with Gasteiger partial charge in [0.05, 0.1) is 13.1 Å². The molecular weight excluding hydrogens is 346 g/mol. The van der Waals surface area contributed by atoms with E-state index in [0.717, 1.165) is 11.3 Å². The van der Waals surface area contributed by atoms with E-state index < -0.39 is 17.9 Å². The summed E-state index contributed by atoms with van der Waals surface area (Å²) in [6.07, 6.45) is 2.23. The summed E-state index contributed by atoms with van der Waals surface area (Å²) < 4.78 is 5.63. The van der Waals surface area contributed by atoms with E-state index >= 15 is 0 Å². The predicted octanol–water partition coefficient (Wildman–Crippen LogP) is 2.01. The van der Waals surface area contributed by atoms with E-state index in [1.807, 2.05) is 31.2 Å². The van der Waals surface area contributed by atoms with Crippen molar-refractivity contribution < 1.29 is 19.2 Å². The Labute approximate surface area is 158 Å². The lowest BCUT2D eigenvalue weighted by Crippen LogP contribution is -2.49. The lowest BCUT2D eigenvalue weighted by Gasteiger charge is -2.35. The molecule has 1 aromatic heterocycles. The third kappa shape index (κ3) is 4.83. The van der Waals surface area contributed by atoms with E-state index in [2.05, 4.69) is 9.88 Å². The number of hydroxylamine groups is 2. The van der Waals surface area contributed by atoms with Gasteiger partial charge >= 0.3 is 5.97 Å². The van der Waals surface area contributed by atoms with Crippen molar-refractivity contribution in [2.75, 3.05) is 31.1 Å². The molecule has 1 fully saturated rings. The molecule has 2 heterocycles. The van der Waals surface area contributed by atoms with Crippen LogP contribution in [0.25, 0.3) is 0 Å². The second-order valence-electron chi connectivity index (χ2n) is 6.41. The van der Waals surface area contributed by atoms with E-state index in [9.17, 15) is 9.59 Å². The van der Waals surface area contributed by atoms with Crippen LogP contribution in [0.15, 0.2) is 48.8 Å². The molecule has 1 saturated heterocycles. The number of pyridine rings is 1. The lowest BCUT2D eigenvalue weighted by atomic mass is 10.2. The van der Waals surface area contributed by atoms with Crippen molar-refractivity contribution in [2.45, 2.75) is 20.0 Å². The lowest BCUT2D eigenvalue weighted by molar-refractivity contribution is -0.199. The SMILES string of the molecule is CC(=O)C(Oc1ccccc1C)C(=O)ON1CCN(c2ccncc2)CC1. The zero-order valence-electron chi connectivity index (χ0n) is 15.5. The fraction of sp³-hybridized carbons (Fsp3) is 0.350. The summed E-state index contributed by atoms with van der Waals surface area (Å²) in [5.41, 5.74) is 1.93. The summed E-state index contributed by atoms with van der Waals surface area (Å²) in [5.74, 6) is -0.584. The van der Waals surface area contributed by atoms with Crippen molar-refractivity contribution in [3.63, 3.8) is 0 Å². The molecule has 1 atom stereocenters. The minimum Gasteiger partial charge on any atom is -0.470 e. The molecule has 27 heavy (non-hydrogen) atoms. The summed E-state index contributed by atoms with van der Waals surface area (Å²) in [6.45, 7) is 5.69. The highest BCUT2D eigenvalue weighted by molar-refractivity contribution is 6.01. The molecule has 142 valence electrons. The van der Waals surface area contributed by atoms with Crippen LogP contribution >= 0.6 is 0 Å². The van der Waals surface area contributed by atoms with Gasteiger partial charge in [-0.15, -0.1) is 5.06 Å². The van der Waals surface area contributed by atoms with E-state index in [1.54, 1.807) is 29.6 Å². The first kappa shape index (κ1) is 18.8. The maximum absolute atomic E-state index is 12.5. The number of aromatic nitrogens is 1. The van der Waals surface area contributed by atoms with Crippen molar-refractivity contribution in [1.82, 2.24) is 10.0 Å². The van der Waals surface area contributed by atoms with Crippen molar-refractivity contribution in [2.24, 2.45) is 0 Å². The quantitative estimate of drug-likeness (QED) is 0.721. The third-order valence-electron chi connectivity index (χ3n) is 4.41. The molecule has 7 nitrogen and oxygen atoms in total. The third-order valence-corrected chi connectivity index (χ3v) is 4.41. The molecule has 3 rings (SSSR count). The van der Waals surface area contributed by atoms with Gasteiger partial charge in [-0.3, -0.25) is 9.78 Å². The molecule has 0 spiro atoms. The molecule has 0 saturated carbocycles. The molecule has 0 amide bonds. The molecule has 1 aliphatic heterocycles. The topological polar surface area (TPSA) is 72.0 Å². The Morgan fingerprint density at radius 1 is 1.04 bits per heavy atom. The Balaban J connectivity index is 1.57. The van der Waals surface area contributed by atoms with E-state index in [0.29, 0.717) is 31.9 Å². The first-order valence-corrected chi connectivity index (χ1v) is 8.89. The van der Waals surface area contributed by atoms with Gasteiger partial charge in [0.1, 0.15) is 5.75 Å². The molecule has 0 N–H and O–H groups in total. The fourth-order valence-corrected chi connectivity index (χ4v) is 2.88. The average molecular weight is 369 g/mol. The summed E-state index contributed by atoms with van der Waals surface area (Å²) in [5, 5.41) is 1.58. The molecule has 2 aromatic rings. The van der Waals surface area contributed by atoms with Crippen LogP contribution in [0, 0.1) is 6.92 Å². The van der Waals surface area contributed by atoms with Gasteiger partial charge in [-0.25, -0.2) is 4.79 Å². The summed E-state index contributed by atoms with van der Waals surface area (Å²) in [4.78, 5) is 36.0. The Kier molecular flexibility index (Phi) is 6.03. The molecule has 0 bridgehead atoms. The minimum absolute atomic E-state index is 0.390. The van der Waals surface area contributed by atoms with Crippen molar-refractivity contribution in [1.29, 1.82) is 0 Å². The van der Waals surface area contributed by atoms with Crippen molar-refractivity contribution in [3.8, 4) is 5.75 Å². The van der Waals surface area contributed by atoms with Crippen LogP contribution < -0.4 is 9.64 Å². The van der Waals surface area contributed by atoms with E-state index in [4.69, 9.17) is 9.57 Å². The van der Waals surface area contributed by atoms with Crippen molar-refractivity contribution in [3.05, 3.63) is 54.4 Å². The number of carbonyl (C=O) groups is 2. The van der Waals surface area contributed by atoms with Crippen LogP contribution in [-0.4, -0.2) is 54.1 Å². The molecule has 1 aromatic carbocycles. The first-order chi connectivity index (χ1) is 13.0. The highest BCUT2D eigenvalue weighted by Gasteiger charge is 2.31. The molecule has 1 unspecified atom stereocenters. The average Bonchev–Trinajstić information content (AvgIpc) is 2.68. The molecule has 1 aliphatic rings. The number of benzene rings is 1. The molecule has 7 heteroatoms. The number of Topliss-reactive ketones (excluding diaryl/α,β-unsaturated/α-hetero) is 1. The number of anilines is 1. The summed E-state index contributed by atoms with van der Waals surface area (Å²) in [7, 11) is 0. The maximum Gasteiger partial charge on any atom is 0.374 e. The van der Waals surface area contributed by atoms with Crippen LogP contribution in [0.5, 0.6) is 5.75 Å². The Bertz CT molecular complexity index is 789. The largest absolute Gasteiger partial charge is 0.470 e. The summed E-state index contributed by atoms with van der Waals surface area (Å²) in [6, 6.07) is 11.1. The maximum atomic E-state index is 12.5. The number of nitrogens with zero attached hydrogens (tertiary/aromatic N) is 3. The number of hydrogen-bond donors (Lipinski definition) is 0. The van der Waals surface area contributed by atoms with Gasteiger partial charge < -0.3 is 14.5 Å². The van der Waals surface area contributed by atoms with Gasteiger partial charge in [0.25, 0.3) is 6.10 Å². The van der Waals surface area contributed by atoms with Gasteiger partial charge in [-0.05, 0) is 37.6 Å². The van der Waals surface area contributed by atoms with Crippen molar-refractivity contribution >= 4 is 17.4 Å². The minimum atomic E-state index is -1.27. The normalized spacial score (nSPS) is 15.9. The van der Waals surface area contributed by atoms with Gasteiger partial charge in [0.15, 0.2) is 5.78 Å². The standard InChI is InChI=1S/C20H23N3O4/c1-15-5-3-4-6-18(15)26-19(16(2)24)20(25)27-23-13-11-22(12-14-23)17-7-9-21-10-8-17/h3-10,19H,11-14H2,1-2H3.